The minimum absolute atomic E-state index is 0.0534. The van der Waals surface area contributed by atoms with Crippen molar-refractivity contribution in [1.82, 2.24) is 4.98 Å². The summed E-state index contributed by atoms with van der Waals surface area (Å²) in [7, 11) is 0. The van der Waals surface area contributed by atoms with E-state index in [-0.39, 0.29) is 11.5 Å². The van der Waals surface area contributed by atoms with Gasteiger partial charge in [0.05, 0.1) is 5.54 Å². The quantitative estimate of drug-likeness (QED) is 0.634. The van der Waals surface area contributed by atoms with Crippen molar-refractivity contribution in [1.29, 1.82) is 0 Å². The lowest BCUT2D eigenvalue weighted by Gasteiger charge is -2.49. The van der Waals surface area contributed by atoms with Crippen molar-refractivity contribution in [3.05, 3.63) is 45.4 Å². The van der Waals surface area contributed by atoms with E-state index in [1.165, 1.54) is 5.57 Å². The molecule has 5 N–H and O–H groups in total. The maximum absolute atomic E-state index is 11.4. The molecule has 2 aliphatic carbocycles. The van der Waals surface area contributed by atoms with Crippen molar-refractivity contribution in [3.8, 4) is 0 Å². The van der Waals surface area contributed by atoms with Gasteiger partial charge in [0.1, 0.15) is 0 Å². The number of fused-ring (bicyclic) bond motifs is 4. The summed E-state index contributed by atoms with van der Waals surface area (Å²) < 4.78 is 0. The van der Waals surface area contributed by atoms with Gasteiger partial charge in [0.15, 0.2) is 0 Å². The molecule has 4 nitrogen and oxygen atoms in total. The molecule has 0 saturated heterocycles. The molecule has 0 saturated carbocycles. The first-order valence-electron chi connectivity index (χ1n) is 6.43. The Hall–Kier alpha value is -1.39. The second kappa shape index (κ2) is 3.80. The third-order valence-corrected chi connectivity index (χ3v) is 4.44. The van der Waals surface area contributed by atoms with E-state index in [4.69, 9.17) is 11.5 Å². The van der Waals surface area contributed by atoms with E-state index in [0.29, 0.717) is 12.5 Å². The van der Waals surface area contributed by atoms with E-state index >= 15 is 0 Å². The van der Waals surface area contributed by atoms with Crippen LogP contribution in [-0.2, 0) is 12.0 Å². The summed E-state index contributed by atoms with van der Waals surface area (Å²) in [6.07, 6.45) is 3.94. The van der Waals surface area contributed by atoms with Crippen molar-refractivity contribution in [2.45, 2.75) is 25.3 Å². The Bertz CT molecular complexity index is 575. The fraction of sp³-hybridized carbons (Fsp3) is 0.500. The van der Waals surface area contributed by atoms with Crippen molar-refractivity contribution < 1.29 is 0 Å². The molecule has 0 unspecified atom stereocenters. The molecule has 2 aliphatic rings. The average molecular weight is 245 g/mol. The van der Waals surface area contributed by atoms with Crippen molar-refractivity contribution >= 4 is 0 Å². The molecule has 0 aromatic carbocycles. The summed E-state index contributed by atoms with van der Waals surface area (Å²) in [6.45, 7) is 2.71. The minimum atomic E-state index is -0.421. The van der Waals surface area contributed by atoms with Gasteiger partial charge in [0, 0.05) is 17.7 Å². The van der Waals surface area contributed by atoms with E-state index < -0.39 is 5.54 Å². The molecular formula is C14H19N3O. The molecule has 1 heterocycles. The zero-order valence-electron chi connectivity index (χ0n) is 10.6. The summed E-state index contributed by atoms with van der Waals surface area (Å²) in [5.41, 5.74) is 15.5. The highest BCUT2D eigenvalue weighted by Gasteiger charge is 2.47. The van der Waals surface area contributed by atoms with Crippen LogP contribution in [0.1, 0.15) is 24.6 Å². The van der Waals surface area contributed by atoms with Gasteiger partial charge in [-0.05, 0) is 43.9 Å². The molecule has 3 rings (SSSR count). The third-order valence-electron chi connectivity index (χ3n) is 4.44. The molecule has 2 bridgehead atoms. The largest absolute Gasteiger partial charge is 0.330 e. The van der Waals surface area contributed by atoms with Gasteiger partial charge >= 0.3 is 0 Å². The fourth-order valence-corrected chi connectivity index (χ4v) is 3.75. The van der Waals surface area contributed by atoms with Crippen LogP contribution in [0.2, 0.25) is 0 Å². The molecule has 0 fully saturated rings. The molecule has 0 radical (unpaired) electrons. The standard InChI is InChI=1S/C14H19N3O/c1-8-4-9-5-12-10(2-3-13(18)17-12)14(16,6-8)11(9)7-15/h2-4,9,11H,5-7,15-16H2,1H3,(H,17,18)/t9-,11-,14-/m1/s1. The molecule has 96 valence electrons. The highest BCUT2D eigenvalue weighted by molar-refractivity contribution is 5.38. The van der Waals surface area contributed by atoms with E-state index in [1.807, 2.05) is 6.07 Å². The molecule has 18 heavy (non-hydrogen) atoms. The number of H-pyrrole nitrogens is 1. The molecule has 0 spiro atoms. The van der Waals surface area contributed by atoms with Crippen LogP contribution in [0.25, 0.3) is 0 Å². The molecule has 3 atom stereocenters. The number of allylic oxidation sites excluding steroid dienone is 1. The Morgan fingerprint density at radius 1 is 1.50 bits per heavy atom. The average Bonchev–Trinajstić information content (AvgIpc) is 2.26. The van der Waals surface area contributed by atoms with E-state index in [9.17, 15) is 4.79 Å². The SMILES string of the molecule is CC1=C[C@@H]2Cc3[nH]c(=O)ccc3[C@](N)(C1)[C@@H]2CN. The monoisotopic (exact) mass is 245 g/mol. The number of aromatic nitrogens is 1. The lowest BCUT2D eigenvalue weighted by atomic mass is 9.60. The zero-order valence-corrected chi connectivity index (χ0v) is 10.6. The third kappa shape index (κ3) is 1.49. The van der Waals surface area contributed by atoms with Crippen LogP contribution in [0.5, 0.6) is 0 Å². The maximum Gasteiger partial charge on any atom is 0.248 e. The van der Waals surface area contributed by atoms with Gasteiger partial charge in [0.25, 0.3) is 0 Å². The Balaban J connectivity index is 2.21. The Kier molecular flexibility index (Phi) is 2.47. The second-order valence-corrected chi connectivity index (χ2v) is 5.66. The molecule has 1 aromatic heterocycles. The van der Waals surface area contributed by atoms with Crippen LogP contribution in [0.4, 0.5) is 0 Å². The van der Waals surface area contributed by atoms with E-state index in [1.54, 1.807) is 6.07 Å². The number of nitrogens with two attached hydrogens (primary N) is 2. The summed E-state index contributed by atoms with van der Waals surface area (Å²) in [5.74, 6) is 0.610. The van der Waals surface area contributed by atoms with Crippen molar-refractivity contribution in [2.75, 3.05) is 6.54 Å². The predicted octanol–water partition coefficient (Wildman–Crippen LogP) is 0.626. The Morgan fingerprint density at radius 3 is 3.00 bits per heavy atom. The van der Waals surface area contributed by atoms with E-state index in [0.717, 1.165) is 24.1 Å². The van der Waals surface area contributed by atoms with Gasteiger partial charge in [-0.25, -0.2) is 0 Å². The van der Waals surface area contributed by atoms with Crippen molar-refractivity contribution in [3.63, 3.8) is 0 Å². The van der Waals surface area contributed by atoms with Gasteiger partial charge in [-0.2, -0.15) is 0 Å². The van der Waals surface area contributed by atoms with Crippen LogP contribution in [0, 0.1) is 11.8 Å². The molecule has 4 heteroatoms. The van der Waals surface area contributed by atoms with Gasteiger partial charge < -0.3 is 16.5 Å². The Labute approximate surface area is 106 Å². The number of aromatic amines is 1. The van der Waals surface area contributed by atoms with Crippen LogP contribution in [0.3, 0.4) is 0 Å². The Morgan fingerprint density at radius 2 is 2.28 bits per heavy atom. The minimum Gasteiger partial charge on any atom is -0.330 e. The first-order chi connectivity index (χ1) is 8.54. The summed E-state index contributed by atoms with van der Waals surface area (Å²) in [4.78, 5) is 14.4. The van der Waals surface area contributed by atoms with Crippen molar-refractivity contribution in [2.24, 2.45) is 23.3 Å². The lowest BCUT2D eigenvalue weighted by molar-refractivity contribution is 0.179. The first-order valence-corrected chi connectivity index (χ1v) is 6.43. The summed E-state index contributed by atoms with van der Waals surface area (Å²) in [5, 5.41) is 0. The van der Waals surface area contributed by atoms with Crippen LogP contribution < -0.4 is 17.0 Å². The lowest BCUT2D eigenvalue weighted by Crippen LogP contribution is -2.56. The molecule has 0 amide bonds. The normalized spacial score (nSPS) is 33.8. The van der Waals surface area contributed by atoms with Gasteiger partial charge in [-0.15, -0.1) is 0 Å². The fourth-order valence-electron chi connectivity index (χ4n) is 3.75. The van der Waals surface area contributed by atoms with Gasteiger partial charge in [-0.1, -0.05) is 11.6 Å². The number of hydrogen-bond acceptors (Lipinski definition) is 3. The number of pyridine rings is 1. The van der Waals surface area contributed by atoms with Gasteiger partial charge in [-0.3, -0.25) is 4.79 Å². The number of nitrogens with one attached hydrogen (secondary N) is 1. The molecule has 1 aromatic rings. The van der Waals surface area contributed by atoms with E-state index in [2.05, 4.69) is 18.0 Å². The second-order valence-electron chi connectivity index (χ2n) is 5.66. The highest BCUT2D eigenvalue weighted by Crippen LogP contribution is 2.47. The molecule has 0 aliphatic heterocycles. The number of rotatable bonds is 1. The highest BCUT2D eigenvalue weighted by atomic mass is 16.1. The summed E-state index contributed by atoms with van der Waals surface area (Å²) >= 11 is 0. The zero-order chi connectivity index (χ0) is 12.9. The predicted molar refractivity (Wildman–Crippen MR) is 71.0 cm³/mol. The molecular weight excluding hydrogens is 226 g/mol. The summed E-state index contributed by atoms with van der Waals surface area (Å²) in [6, 6.07) is 3.45. The van der Waals surface area contributed by atoms with Gasteiger partial charge in [0.2, 0.25) is 5.56 Å². The maximum atomic E-state index is 11.4. The van der Waals surface area contributed by atoms with Crippen LogP contribution >= 0.6 is 0 Å². The topological polar surface area (TPSA) is 84.9 Å². The van der Waals surface area contributed by atoms with Crippen LogP contribution in [0.15, 0.2) is 28.6 Å². The number of hydrogen-bond donors (Lipinski definition) is 3. The first kappa shape index (κ1) is 11.7. The smallest absolute Gasteiger partial charge is 0.248 e. The van der Waals surface area contributed by atoms with Crippen LogP contribution in [-0.4, -0.2) is 11.5 Å².